The van der Waals surface area contributed by atoms with Crippen molar-refractivity contribution in [1.29, 1.82) is 0 Å². The molecule has 0 aliphatic rings. The molecule has 0 aliphatic heterocycles. The van der Waals surface area contributed by atoms with Crippen LogP contribution < -0.4 is 14.8 Å². The third-order valence-corrected chi connectivity index (χ3v) is 6.26. The van der Waals surface area contributed by atoms with E-state index in [1.54, 1.807) is 30.3 Å². The summed E-state index contributed by atoms with van der Waals surface area (Å²) < 4.78 is 37.7. The minimum atomic E-state index is -3.56. The largest absolute Gasteiger partial charge is 0.496 e. The lowest BCUT2D eigenvalue weighted by Crippen LogP contribution is -2.32. The van der Waals surface area contributed by atoms with Gasteiger partial charge in [0.05, 0.1) is 19.1 Å². The standard InChI is InChI=1S/C21H28N2O5S/c1-5-14-23(15-6-2)29(25,26)17-12-10-16(11-13-17)22-21(24)20-18(27-3)8-7-9-19(20)28-4/h7-13H,5-6,14-15H2,1-4H3,(H,22,24). The van der Waals surface area contributed by atoms with E-state index in [1.165, 1.54) is 30.7 Å². The number of carbonyl (C=O) groups excluding carboxylic acids is 1. The molecular weight excluding hydrogens is 392 g/mol. The summed E-state index contributed by atoms with van der Waals surface area (Å²) >= 11 is 0. The first-order valence-corrected chi connectivity index (χ1v) is 11.0. The highest BCUT2D eigenvalue weighted by molar-refractivity contribution is 7.89. The van der Waals surface area contributed by atoms with Crippen molar-refractivity contribution in [1.82, 2.24) is 4.31 Å². The minimum Gasteiger partial charge on any atom is -0.496 e. The Labute approximate surface area is 172 Å². The molecular formula is C21H28N2O5S. The zero-order valence-electron chi connectivity index (χ0n) is 17.3. The molecule has 158 valence electrons. The molecule has 8 heteroatoms. The maximum atomic E-state index is 12.8. The van der Waals surface area contributed by atoms with E-state index in [1.807, 2.05) is 13.8 Å². The van der Waals surface area contributed by atoms with Crippen LogP contribution in [0, 0.1) is 0 Å². The summed E-state index contributed by atoms with van der Waals surface area (Å²) in [4.78, 5) is 12.9. The quantitative estimate of drug-likeness (QED) is 0.632. The lowest BCUT2D eigenvalue weighted by molar-refractivity contribution is 0.102. The Morgan fingerprint density at radius 2 is 1.45 bits per heavy atom. The zero-order valence-corrected chi connectivity index (χ0v) is 18.1. The fourth-order valence-electron chi connectivity index (χ4n) is 2.98. The molecule has 0 aliphatic carbocycles. The summed E-state index contributed by atoms with van der Waals surface area (Å²) in [5.41, 5.74) is 0.741. The lowest BCUT2D eigenvalue weighted by atomic mass is 10.1. The Kier molecular flexibility index (Phi) is 8.04. The highest BCUT2D eigenvalue weighted by Gasteiger charge is 2.23. The van der Waals surface area contributed by atoms with Crippen molar-refractivity contribution in [2.75, 3.05) is 32.6 Å². The third kappa shape index (κ3) is 5.27. The molecule has 0 bridgehead atoms. The normalized spacial score (nSPS) is 11.3. The van der Waals surface area contributed by atoms with Gasteiger partial charge in [0.1, 0.15) is 17.1 Å². The van der Waals surface area contributed by atoms with Crippen LogP contribution in [0.3, 0.4) is 0 Å². The Bertz CT molecular complexity index is 898. The Balaban J connectivity index is 2.25. The summed E-state index contributed by atoms with van der Waals surface area (Å²) in [5.74, 6) is 0.361. The fourth-order valence-corrected chi connectivity index (χ4v) is 4.60. The molecule has 2 rings (SSSR count). The number of sulfonamides is 1. The second kappa shape index (κ2) is 10.3. The molecule has 0 aromatic heterocycles. The van der Waals surface area contributed by atoms with Gasteiger partial charge >= 0.3 is 0 Å². The van der Waals surface area contributed by atoms with E-state index in [0.717, 1.165) is 12.8 Å². The molecule has 0 fully saturated rings. The van der Waals surface area contributed by atoms with Crippen molar-refractivity contribution in [3.05, 3.63) is 48.0 Å². The number of benzene rings is 2. The van der Waals surface area contributed by atoms with Gasteiger partial charge in [0, 0.05) is 18.8 Å². The molecule has 1 N–H and O–H groups in total. The summed E-state index contributed by atoms with van der Waals surface area (Å²) in [5, 5.41) is 2.76. The number of carbonyl (C=O) groups is 1. The molecule has 0 atom stereocenters. The van der Waals surface area contributed by atoms with E-state index in [-0.39, 0.29) is 10.5 Å². The van der Waals surface area contributed by atoms with Gasteiger partial charge in [-0.1, -0.05) is 19.9 Å². The summed E-state index contributed by atoms with van der Waals surface area (Å²) in [7, 11) is -0.612. The predicted octanol–water partition coefficient (Wildman–Crippen LogP) is 3.77. The van der Waals surface area contributed by atoms with E-state index in [9.17, 15) is 13.2 Å². The number of methoxy groups -OCH3 is 2. The van der Waals surface area contributed by atoms with Crippen LogP contribution in [0.15, 0.2) is 47.4 Å². The highest BCUT2D eigenvalue weighted by Crippen LogP contribution is 2.29. The van der Waals surface area contributed by atoms with Crippen molar-refractivity contribution in [2.24, 2.45) is 0 Å². The molecule has 2 aromatic rings. The number of nitrogens with zero attached hydrogens (tertiary/aromatic N) is 1. The van der Waals surface area contributed by atoms with E-state index in [4.69, 9.17) is 9.47 Å². The monoisotopic (exact) mass is 420 g/mol. The SMILES string of the molecule is CCCN(CCC)S(=O)(=O)c1ccc(NC(=O)c2c(OC)cccc2OC)cc1. The topological polar surface area (TPSA) is 84.9 Å². The average Bonchev–Trinajstić information content (AvgIpc) is 2.73. The van der Waals surface area contributed by atoms with Crippen molar-refractivity contribution in [2.45, 2.75) is 31.6 Å². The van der Waals surface area contributed by atoms with Crippen LogP contribution in [0.5, 0.6) is 11.5 Å². The van der Waals surface area contributed by atoms with Gasteiger partial charge < -0.3 is 14.8 Å². The maximum absolute atomic E-state index is 12.8. The lowest BCUT2D eigenvalue weighted by Gasteiger charge is -2.21. The molecule has 29 heavy (non-hydrogen) atoms. The van der Waals surface area contributed by atoms with Gasteiger partial charge in [-0.3, -0.25) is 4.79 Å². The van der Waals surface area contributed by atoms with Crippen LogP contribution in [0.2, 0.25) is 0 Å². The molecule has 0 radical (unpaired) electrons. The van der Waals surface area contributed by atoms with Crippen LogP contribution in [0.1, 0.15) is 37.0 Å². The maximum Gasteiger partial charge on any atom is 0.263 e. The number of anilines is 1. The first-order valence-electron chi connectivity index (χ1n) is 9.51. The van der Waals surface area contributed by atoms with Gasteiger partial charge in [-0.2, -0.15) is 4.31 Å². The summed E-state index contributed by atoms with van der Waals surface area (Å²) in [6.45, 7) is 4.84. The Morgan fingerprint density at radius 1 is 0.931 bits per heavy atom. The number of hydrogen-bond donors (Lipinski definition) is 1. The Morgan fingerprint density at radius 3 is 1.90 bits per heavy atom. The molecule has 0 spiro atoms. The second-order valence-electron chi connectivity index (χ2n) is 6.42. The van der Waals surface area contributed by atoms with E-state index < -0.39 is 15.9 Å². The summed E-state index contributed by atoms with van der Waals surface area (Å²) in [6.07, 6.45) is 1.49. The first kappa shape index (κ1) is 22.7. The van der Waals surface area contributed by atoms with Gasteiger partial charge in [0.2, 0.25) is 10.0 Å². The van der Waals surface area contributed by atoms with E-state index >= 15 is 0 Å². The fraction of sp³-hybridized carbons (Fsp3) is 0.381. The van der Waals surface area contributed by atoms with Crippen molar-refractivity contribution >= 4 is 21.6 Å². The van der Waals surface area contributed by atoms with Gasteiger partial charge in [0.25, 0.3) is 5.91 Å². The zero-order chi connectivity index (χ0) is 21.4. The van der Waals surface area contributed by atoms with E-state index in [2.05, 4.69) is 5.32 Å². The number of hydrogen-bond acceptors (Lipinski definition) is 5. The third-order valence-electron chi connectivity index (χ3n) is 4.35. The molecule has 2 aromatic carbocycles. The number of amides is 1. The molecule has 1 amide bonds. The molecule has 0 saturated carbocycles. The van der Waals surface area contributed by atoms with Gasteiger partial charge in [-0.25, -0.2) is 8.42 Å². The smallest absolute Gasteiger partial charge is 0.263 e. The van der Waals surface area contributed by atoms with Crippen molar-refractivity contribution in [3.8, 4) is 11.5 Å². The predicted molar refractivity (Wildman–Crippen MR) is 113 cm³/mol. The van der Waals surface area contributed by atoms with Crippen molar-refractivity contribution in [3.63, 3.8) is 0 Å². The molecule has 7 nitrogen and oxygen atoms in total. The highest BCUT2D eigenvalue weighted by atomic mass is 32.2. The first-order chi connectivity index (χ1) is 13.9. The Hall–Kier alpha value is -2.58. The molecule has 0 unspecified atom stereocenters. The summed E-state index contributed by atoms with van der Waals surface area (Å²) in [6, 6.07) is 11.2. The van der Waals surface area contributed by atoms with Gasteiger partial charge in [-0.05, 0) is 49.2 Å². The molecule has 0 saturated heterocycles. The van der Waals surface area contributed by atoms with Crippen LogP contribution >= 0.6 is 0 Å². The van der Waals surface area contributed by atoms with Gasteiger partial charge in [-0.15, -0.1) is 0 Å². The average molecular weight is 421 g/mol. The number of rotatable bonds is 10. The van der Waals surface area contributed by atoms with E-state index in [0.29, 0.717) is 30.3 Å². The second-order valence-corrected chi connectivity index (χ2v) is 8.36. The molecule has 0 heterocycles. The number of nitrogens with one attached hydrogen (secondary N) is 1. The van der Waals surface area contributed by atoms with Crippen LogP contribution in [-0.4, -0.2) is 45.9 Å². The number of ether oxygens (including phenoxy) is 2. The van der Waals surface area contributed by atoms with Gasteiger partial charge in [0.15, 0.2) is 0 Å². The van der Waals surface area contributed by atoms with Crippen LogP contribution in [-0.2, 0) is 10.0 Å². The van der Waals surface area contributed by atoms with Crippen LogP contribution in [0.4, 0.5) is 5.69 Å². The van der Waals surface area contributed by atoms with Crippen molar-refractivity contribution < 1.29 is 22.7 Å². The minimum absolute atomic E-state index is 0.201. The van der Waals surface area contributed by atoms with Crippen LogP contribution in [0.25, 0.3) is 0 Å².